The number of piperidine rings is 1. The SMILES string of the molecule is Nc1nc(C2(c3ccccc3)CCN(C(=O)CCc3n[nH]c(=O)[nH]3)CC2)cs1. The van der Waals surface area contributed by atoms with E-state index in [2.05, 4.69) is 32.3 Å². The van der Waals surface area contributed by atoms with Gasteiger partial charge < -0.3 is 10.6 Å². The minimum Gasteiger partial charge on any atom is -0.375 e. The Morgan fingerprint density at radius 1 is 1.25 bits per heavy atom. The van der Waals surface area contributed by atoms with Crippen LogP contribution >= 0.6 is 11.3 Å². The molecule has 0 atom stereocenters. The Morgan fingerprint density at radius 2 is 2.00 bits per heavy atom. The molecule has 9 heteroatoms. The number of hydrogen-bond acceptors (Lipinski definition) is 6. The van der Waals surface area contributed by atoms with E-state index in [4.69, 9.17) is 5.73 Å². The number of hydrogen-bond donors (Lipinski definition) is 3. The molecule has 2 aromatic heterocycles. The molecular formula is C19H22N6O2S. The molecular weight excluding hydrogens is 376 g/mol. The Hall–Kier alpha value is -2.94. The van der Waals surface area contributed by atoms with Crippen molar-refractivity contribution < 1.29 is 4.79 Å². The van der Waals surface area contributed by atoms with Crippen LogP contribution in [0, 0.1) is 0 Å². The van der Waals surface area contributed by atoms with E-state index in [-0.39, 0.29) is 17.0 Å². The molecule has 1 saturated heterocycles. The standard InChI is InChI=1S/C19H22N6O2S/c20-17-21-14(12-28-17)19(13-4-2-1-3-5-13)8-10-25(11-9-19)16(26)7-6-15-22-18(27)24-23-15/h1-5,12H,6-11H2,(H2,20,21)(H2,22,23,24,27). The average molecular weight is 398 g/mol. The lowest BCUT2D eigenvalue weighted by atomic mass is 9.70. The molecule has 0 unspecified atom stereocenters. The van der Waals surface area contributed by atoms with Crippen LogP contribution in [0.1, 0.15) is 36.3 Å². The number of carbonyl (C=O) groups is 1. The largest absolute Gasteiger partial charge is 0.375 e. The van der Waals surface area contributed by atoms with Crippen LogP contribution in [0.25, 0.3) is 0 Å². The first-order valence-electron chi connectivity index (χ1n) is 9.25. The third-order valence-electron chi connectivity index (χ3n) is 5.43. The van der Waals surface area contributed by atoms with E-state index >= 15 is 0 Å². The highest BCUT2D eigenvalue weighted by molar-refractivity contribution is 7.13. The molecule has 8 nitrogen and oxygen atoms in total. The van der Waals surface area contributed by atoms with Crippen LogP contribution in [-0.4, -0.2) is 44.1 Å². The fourth-order valence-corrected chi connectivity index (χ4v) is 4.56. The minimum atomic E-state index is -0.351. The van der Waals surface area contributed by atoms with E-state index in [1.54, 1.807) is 0 Å². The number of thiazole rings is 1. The number of anilines is 1. The number of aromatic nitrogens is 4. The minimum absolute atomic E-state index is 0.0725. The zero-order valence-electron chi connectivity index (χ0n) is 15.4. The molecule has 1 amide bonds. The molecule has 3 heterocycles. The Labute approximate surface area is 165 Å². The Balaban J connectivity index is 1.47. The zero-order valence-corrected chi connectivity index (χ0v) is 16.2. The van der Waals surface area contributed by atoms with Crippen molar-refractivity contribution in [2.45, 2.75) is 31.1 Å². The molecule has 1 aliphatic rings. The Bertz CT molecular complexity index is 1000. The summed E-state index contributed by atoms with van der Waals surface area (Å²) in [7, 11) is 0. The first-order valence-corrected chi connectivity index (χ1v) is 10.1. The number of nitrogens with two attached hydrogens (primary N) is 1. The second-order valence-corrected chi connectivity index (χ2v) is 7.91. The number of rotatable bonds is 5. The van der Waals surface area contributed by atoms with Gasteiger partial charge in [0, 0.05) is 36.7 Å². The van der Waals surface area contributed by atoms with Crippen LogP contribution in [0.4, 0.5) is 5.13 Å². The quantitative estimate of drug-likeness (QED) is 0.604. The molecule has 3 aromatic rings. The Kier molecular flexibility index (Phi) is 4.99. The van der Waals surface area contributed by atoms with Gasteiger partial charge in [-0.25, -0.2) is 14.9 Å². The van der Waals surface area contributed by atoms with E-state index in [0.29, 0.717) is 36.9 Å². The number of nitrogens with zero attached hydrogens (tertiary/aromatic N) is 3. The van der Waals surface area contributed by atoms with Crippen LogP contribution in [0.15, 0.2) is 40.5 Å². The summed E-state index contributed by atoms with van der Waals surface area (Å²) >= 11 is 1.45. The fraction of sp³-hybridized carbons (Fsp3) is 0.368. The maximum Gasteiger partial charge on any atom is 0.340 e. The highest BCUT2D eigenvalue weighted by atomic mass is 32.1. The number of nitrogens with one attached hydrogen (secondary N) is 2. The maximum absolute atomic E-state index is 12.6. The van der Waals surface area contributed by atoms with Crippen LogP contribution in [0.2, 0.25) is 0 Å². The summed E-state index contributed by atoms with van der Waals surface area (Å²) in [5, 5.41) is 8.78. The lowest BCUT2D eigenvalue weighted by Gasteiger charge is -2.41. The highest BCUT2D eigenvalue weighted by Gasteiger charge is 2.40. The van der Waals surface area contributed by atoms with Crippen molar-refractivity contribution in [1.29, 1.82) is 0 Å². The van der Waals surface area contributed by atoms with Crippen molar-refractivity contribution in [3.05, 3.63) is 63.3 Å². The van der Waals surface area contributed by atoms with Crippen molar-refractivity contribution >= 4 is 22.4 Å². The van der Waals surface area contributed by atoms with Gasteiger partial charge in [-0.3, -0.25) is 9.78 Å². The normalized spacial score (nSPS) is 16.2. The number of nitrogen functional groups attached to an aromatic ring is 1. The van der Waals surface area contributed by atoms with Crippen LogP contribution in [0.3, 0.4) is 0 Å². The first-order chi connectivity index (χ1) is 13.6. The van der Waals surface area contributed by atoms with Gasteiger partial charge >= 0.3 is 5.69 Å². The Morgan fingerprint density at radius 3 is 2.61 bits per heavy atom. The first kappa shape index (κ1) is 18.4. The molecule has 1 aromatic carbocycles. The molecule has 0 aliphatic carbocycles. The van der Waals surface area contributed by atoms with E-state index < -0.39 is 0 Å². The van der Waals surface area contributed by atoms with Crippen LogP contribution in [0.5, 0.6) is 0 Å². The van der Waals surface area contributed by atoms with E-state index in [9.17, 15) is 9.59 Å². The summed E-state index contributed by atoms with van der Waals surface area (Å²) < 4.78 is 0. The van der Waals surface area contributed by atoms with Gasteiger partial charge in [-0.1, -0.05) is 30.3 Å². The van der Waals surface area contributed by atoms with E-state index in [1.807, 2.05) is 28.5 Å². The van der Waals surface area contributed by atoms with Crippen LogP contribution in [-0.2, 0) is 16.6 Å². The van der Waals surface area contributed by atoms with Gasteiger partial charge in [0.15, 0.2) is 5.13 Å². The van der Waals surface area contributed by atoms with Crippen molar-refractivity contribution in [3.63, 3.8) is 0 Å². The molecule has 28 heavy (non-hydrogen) atoms. The number of aromatic amines is 2. The van der Waals surface area contributed by atoms with Crippen LogP contribution < -0.4 is 11.4 Å². The number of amides is 1. The zero-order chi connectivity index (χ0) is 19.6. The third kappa shape index (κ3) is 3.57. The summed E-state index contributed by atoms with van der Waals surface area (Å²) in [6, 6.07) is 10.3. The summed E-state index contributed by atoms with van der Waals surface area (Å²) in [5.74, 6) is 0.579. The third-order valence-corrected chi connectivity index (χ3v) is 6.11. The fourth-order valence-electron chi connectivity index (χ4n) is 3.90. The van der Waals surface area contributed by atoms with Crippen molar-refractivity contribution in [3.8, 4) is 0 Å². The van der Waals surface area contributed by atoms with E-state index in [0.717, 1.165) is 18.5 Å². The van der Waals surface area contributed by atoms with Gasteiger partial charge in [0.1, 0.15) is 5.82 Å². The maximum atomic E-state index is 12.6. The molecule has 1 aliphatic heterocycles. The predicted molar refractivity (Wildman–Crippen MR) is 107 cm³/mol. The number of aryl methyl sites for hydroxylation is 1. The van der Waals surface area contributed by atoms with Gasteiger partial charge in [0.2, 0.25) is 5.91 Å². The van der Waals surface area contributed by atoms with Crippen molar-refractivity contribution in [1.82, 2.24) is 25.1 Å². The van der Waals surface area contributed by atoms with Gasteiger partial charge in [-0.2, -0.15) is 5.10 Å². The number of likely N-dealkylation sites (tertiary alicyclic amines) is 1. The second-order valence-electron chi connectivity index (χ2n) is 7.02. The lowest BCUT2D eigenvalue weighted by molar-refractivity contribution is -0.132. The van der Waals surface area contributed by atoms with Gasteiger partial charge in [-0.15, -0.1) is 11.3 Å². The molecule has 0 spiro atoms. The van der Waals surface area contributed by atoms with Gasteiger partial charge in [0.25, 0.3) is 0 Å². The summed E-state index contributed by atoms with van der Waals surface area (Å²) in [5.41, 5.74) is 7.53. The summed E-state index contributed by atoms with van der Waals surface area (Å²) in [6.07, 6.45) is 2.33. The van der Waals surface area contributed by atoms with Gasteiger partial charge in [0.05, 0.1) is 5.69 Å². The summed E-state index contributed by atoms with van der Waals surface area (Å²) in [4.78, 5) is 32.8. The molecule has 0 saturated carbocycles. The molecule has 0 radical (unpaired) electrons. The number of benzene rings is 1. The molecule has 146 valence electrons. The van der Waals surface area contributed by atoms with Gasteiger partial charge in [-0.05, 0) is 18.4 Å². The molecule has 4 N–H and O–H groups in total. The topological polar surface area (TPSA) is 121 Å². The molecule has 1 fully saturated rings. The monoisotopic (exact) mass is 398 g/mol. The number of carbonyl (C=O) groups excluding carboxylic acids is 1. The lowest BCUT2D eigenvalue weighted by Crippen LogP contribution is -2.46. The second kappa shape index (κ2) is 7.59. The van der Waals surface area contributed by atoms with Crippen molar-refractivity contribution in [2.24, 2.45) is 0 Å². The van der Waals surface area contributed by atoms with E-state index in [1.165, 1.54) is 16.9 Å². The smallest absolute Gasteiger partial charge is 0.340 e. The molecule has 0 bridgehead atoms. The average Bonchev–Trinajstić information content (AvgIpc) is 3.35. The summed E-state index contributed by atoms with van der Waals surface area (Å²) in [6.45, 7) is 1.31. The predicted octanol–water partition coefficient (Wildman–Crippen LogP) is 1.68. The highest BCUT2D eigenvalue weighted by Crippen LogP contribution is 2.42. The molecule has 4 rings (SSSR count). The van der Waals surface area contributed by atoms with Crippen molar-refractivity contribution in [2.75, 3.05) is 18.8 Å². The number of H-pyrrole nitrogens is 2.